The molecule has 2 aromatic carbocycles. The van der Waals surface area contributed by atoms with E-state index in [1.54, 1.807) is 30.4 Å². The van der Waals surface area contributed by atoms with Crippen molar-refractivity contribution in [1.29, 1.82) is 0 Å². The van der Waals surface area contributed by atoms with Crippen molar-refractivity contribution in [2.75, 3.05) is 18.9 Å². The second kappa shape index (κ2) is 7.59. The third kappa shape index (κ3) is 4.04. The average Bonchev–Trinajstić information content (AvgIpc) is 2.98. The van der Waals surface area contributed by atoms with Crippen LogP contribution < -0.4 is 5.32 Å². The Labute approximate surface area is 154 Å². The van der Waals surface area contributed by atoms with Gasteiger partial charge >= 0.3 is 0 Å². The fourth-order valence-electron chi connectivity index (χ4n) is 2.67. The SMILES string of the molecule is Cc1cccc([N+](=O)[O-])c1NC(=O)CN(C)Cc1nc2ccccc2s1. The van der Waals surface area contributed by atoms with Gasteiger partial charge in [-0.25, -0.2) is 4.98 Å². The van der Waals surface area contributed by atoms with Crippen LogP contribution in [0.25, 0.3) is 10.2 Å². The maximum Gasteiger partial charge on any atom is 0.293 e. The molecule has 0 radical (unpaired) electrons. The Morgan fingerprint density at radius 2 is 2.04 bits per heavy atom. The second-order valence-corrected chi connectivity index (χ2v) is 7.14. The number of rotatable bonds is 6. The maximum absolute atomic E-state index is 12.3. The van der Waals surface area contributed by atoms with Gasteiger partial charge in [-0.05, 0) is 31.7 Å². The van der Waals surface area contributed by atoms with Crippen molar-refractivity contribution in [3.8, 4) is 0 Å². The molecule has 0 bridgehead atoms. The molecule has 1 amide bonds. The van der Waals surface area contributed by atoms with Crippen LogP contribution >= 0.6 is 11.3 Å². The van der Waals surface area contributed by atoms with Crippen molar-refractivity contribution in [3.05, 3.63) is 63.1 Å². The number of benzene rings is 2. The molecule has 3 rings (SSSR count). The van der Waals surface area contributed by atoms with Gasteiger partial charge in [0.05, 0.1) is 28.2 Å². The lowest BCUT2D eigenvalue weighted by atomic mass is 10.1. The molecule has 0 unspecified atom stereocenters. The summed E-state index contributed by atoms with van der Waals surface area (Å²) < 4.78 is 1.11. The summed E-state index contributed by atoms with van der Waals surface area (Å²) in [5.41, 5.74) is 1.74. The highest BCUT2D eigenvalue weighted by atomic mass is 32.1. The Bertz CT molecular complexity index is 937. The van der Waals surface area contributed by atoms with E-state index in [4.69, 9.17) is 0 Å². The molecule has 0 saturated carbocycles. The van der Waals surface area contributed by atoms with E-state index in [2.05, 4.69) is 10.3 Å². The minimum absolute atomic E-state index is 0.104. The van der Waals surface area contributed by atoms with Gasteiger partial charge < -0.3 is 5.32 Å². The van der Waals surface area contributed by atoms with Crippen LogP contribution in [0.5, 0.6) is 0 Å². The van der Waals surface area contributed by atoms with E-state index in [-0.39, 0.29) is 23.8 Å². The molecule has 8 heteroatoms. The van der Waals surface area contributed by atoms with Gasteiger partial charge in [-0.15, -0.1) is 11.3 Å². The number of nitro benzene ring substituents is 1. The maximum atomic E-state index is 12.3. The monoisotopic (exact) mass is 370 g/mol. The molecule has 0 aliphatic heterocycles. The number of hydrogen-bond acceptors (Lipinski definition) is 6. The molecule has 26 heavy (non-hydrogen) atoms. The summed E-state index contributed by atoms with van der Waals surface area (Å²) in [6, 6.07) is 12.6. The van der Waals surface area contributed by atoms with E-state index in [1.165, 1.54) is 6.07 Å². The first-order valence-corrected chi connectivity index (χ1v) is 8.82. The summed E-state index contributed by atoms with van der Waals surface area (Å²) in [4.78, 5) is 29.4. The fourth-order valence-corrected chi connectivity index (χ4v) is 3.71. The summed E-state index contributed by atoms with van der Waals surface area (Å²) in [5.74, 6) is -0.300. The minimum atomic E-state index is -0.493. The van der Waals surface area contributed by atoms with E-state index in [9.17, 15) is 14.9 Å². The van der Waals surface area contributed by atoms with Gasteiger partial charge in [0.15, 0.2) is 0 Å². The highest BCUT2D eigenvalue weighted by Gasteiger charge is 2.18. The Hall–Kier alpha value is -2.84. The molecule has 0 aliphatic carbocycles. The number of nitro groups is 1. The molecule has 0 atom stereocenters. The first kappa shape index (κ1) is 18.0. The molecule has 0 fully saturated rings. The fraction of sp³-hybridized carbons (Fsp3) is 0.222. The average molecular weight is 370 g/mol. The van der Waals surface area contributed by atoms with Gasteiger partial charge in [-0.2, -0.15) is 0 Å². The smallest absolute Gasteiger partial charge is 0.293 e. The molecule has 134 valence electrons. The Morgan fingerprint density at radius 3 is 2.77 bits per heavy atom. The third-order valence-electron chi connectivity index (χ3n) is 3.87. The highest BCUT2D eigenvalue weighted by Crippen LogP contribution is 2.27. The summed E-state index contributed by atoms with van der Waals surface area (Å²) in [6.07, 6.45) is 0. The largest absolute Gasteiger partial charge is 0.319 e. The summed E-state index contributed by atoms with van der Waals surface area (Å²) in [7, 11) is 1.82. The van der Waals surface area contributed by atoms with Crippen molar-refractivity contribution in [2.24, 2.45) is 0 Å². The van der Waals surface area contributed by atoms with Crippen LogP contribution in [0.3, 0.4) is 0 Å². The Balaban J connectivity index is 1.65. The molecule has 1 heterocycles. The molecule has 0 spiro atoms. The Kier molecular flexibility index (Phi) is 5.24. The first-order chi connectivity index (χ1) is 12.4. The number of fused-ring (bicyclic) bond motifs is 1. The number of aryl methyl sites for hydroxylation is 1. The predicted molar refractivity (Wildman–Crippen MR) is 102 cm³/mol. The van der Waals surface area contributed by atoms with E-state index < -0.39 is 4.92 Å². The van der Waals surface area contributed by atoms with E-state index in [1.807, 2.05) is 36.2 Å². The molecule has 0 saturated heterocycles. The third-order valence-corrected chi connectivity index (χ3v) is 4.89. The zero-order chi connectivity index (χ0) is 18.7. The van der Waals surface area contributed by atoms with E-state index in [0.29, 0.717) is 12.1 Å². The molecule has 0 aliphatic rings. The zero-order valence-corrected chi connectivity index (χ0v) is 15.2. The van der Waals surface area contributed by atoms with Gasteiger partial charge in [-0.3, -0.25) is 19.8 Å². The summed E-state index contributed by atoms with van der Waals surface area (Å²) >= 11 is 1.59. The second-order valence-electron chi connectivity index (χ2n) is 6.02. The lowest BCUT2D eigenvalue weighted by molar-refractivity contribution is -0.384. The summed E-state index contributed by atoms with van der Waals surface area (Å²) in [5, 5.41) is 14.7. The molecule has 1 N–H and O–H groups in total. The van der Waals surface area contributed by atoms with Gasteiger partial charge in [-0.1, -0.05) is 24.3 Å². The normalized spacial score (nSPS) is 11.0. The van der Waals surface area contributed by atoms with Crippen LogP contribution in [0.15, 0.2) is 42.5 Å². The van der Waals surface area contributed by atoms with Crippen LogP contribution in [0.1, 0.15) is 10.6 Å². The van der Waals surface area contributed by atoms with Crippen molar-refractivity contribution >= 4 is 38.8 Å². The number of anilines is 1. The van der Waals surface area contributed by atoms with Crippen LogP contribution in [0.2, 0.25) is 0 Å². The van der Waals surface area contributed by atoms with Crippen LogP contribution in [0, 0.1) is 17.0 Å². The van der Waals surface area contributed by atoms with Crippen molar-refractivity contribution in [3.63, 3.8) is 0 Å². The van der Waals surface area contributed by atoms with Crippen LogP contribution in [-0.2, 0) is 11.3 Å². The van der Waals surface area contributed by atoms with Gasteiger partial charge in [0.25, 0.3) is 5.69 Å². The molecule has 1 aromatic heterocycles. The Morgan fingerprint density at radius 1 is 1.27 bits per heavy atom. The van der Waals surface area contributed by atoms with Crippen molar-refractivity contribution in [2.45, 2.75) is 13.5 Å². The quantitative estimate of drug-likeness (QED) is 0.529. The number of para-hydroxylation sites is 2. The number of likely N-dealkylation sites (N-methyl/N-ethyl adjacent to an activating group) is 1. The zero-order valence-electron chi connectivity index (χ0n) is 14.4. The van der Waals surface area contributed by atoms with Gasteiger partial charge in [0.1, 0.15) is 10.7 Å². The number of carbonyl (C=O) groups is 1. The minimum Gasteiger partial charge on any atom is -0.319 e. The summed E-state index contributed by atoms with van der Waals surface area (Å²) in [6.45, 7) is 2.37. The first-order valence-electron chi connectivity index (χ1n) is 8.01. The highest BCUT2D eigenvalue weighted by molar-refractivity contribution is 7.18. The van der Waals surface area contributed by atoms with Crippen LogP contribution in [0.4, 0.5) is 11.4 Å². The standard InChI is InChI=1S/C18H18N4O3S/c1-12-6-5-8-14(22(24)25)18(12)20-16(23)10-21(2)11-17-19-13-7-3-4-9-15(13)26-17/h3-9H,10-11H2,1-2H3,(H,20,23). The number of thiazole rings is 1. The molecule has 7 nitrogen and oxygen atoms in total. The van der Waals surface area contributed by atoms with Crippen molar-refractivity contribution < 1.29 is 9.72 Å². The molecular weight excluding hydrogens is 352 g/mol. The number of amides is 1. The lowest BCUT2D eigenvalue weighted by Gasteiger charge is -2.15. The van der Waals surface area contributed by atoms with Crippen LogP contribution in [-0.4, -0.2) is 34.3 Å². The van der Waals surface area contributed by atoms with E-state index >= 15 is 0 Å². The number of nitrogens with one attached hydrogen (secondary N) is 1. The number of nitrogens with zero attached hydrogens (tertiary/aromatic N) is 3. The predicted octanol–water partition coefficient (Wildman–Crippen LogP) is 3.58. The molecule has 3 aromatic rings. The lowest BCUT2D eigenvalue weighted by Crippen LogP contribution is -2.30. The topological polar surface area (TPSA) is 88.4 Å². The number of hydrogen-bond donors (Lipinski definition) is 1. The molecular formula is C18H18N4O3S. The van der Waals surface area contributed by atoms with Crippen molar-refractivity contribution in [1.82, 2.24) is 9.88 Å². The number of aromatic nitrogens is 1. The number of carbonyl (C=O) groups excluding carboxylic acids is 1. The van der Waals surface area contributed by atoms with Gasteiger partial charge in [0, 0.05) is 6.07 Å². The van der Waals surface area contributed by atoms with Gasteiger partial charge in [0.2, 0.25) is 5.91 Å². The van der Waals surface area contributed by atoms with E-state index in [0.717, 1.165) is 15.2 Å².